The molecule has 0 aliphatic carbocycles. The van der Waals surface area contributed by atoms with Gasteiger partial charge in [-0.25, -0.2) is 4.79 Å². The summed E-state index contributed by atoms with van der Waals surface area (Å²) in [7, 11) is 1.48. The average molecular weight is 396 g/mol. The Balaban J connectivity index is 2.12. The van der Waals surface area contributed by atoms with E-state index >= 15 is 0 Å². The van der Waals surface area contributed by atoms with E-state index in [0.717, 1.165) is 17.0 Å². The number of allylic oxidation sites excluding steroid dienone is 1. The van der Waals surface area contributed by atoms with E-state index in [4.69, 9.17) is 5.26 Å². The third-order valence-corrected chi connectivity index (χ3v) is 4.79. The van der Waals surface area contributed by atoms with Crippen molar-refractivity contribution < 1.29 is 18.0 Å². The minimum atomic E-state index is -4.55. The van der Waals surface area contributed by atoms with E-state index < -0.39 is 23.8 Å². The molecule has 1 atom stereocenters. The Morgan fingerprint density at radius 1 is 1.03 bits per heavy atom. The number of hydrogen-bond donors (Lipinski definition) is 0. The summed E-state index contributed by atoms with van der Waals surface area (Å²) in [6.45, 7) is 1.53. The molecular formula is C21H15F3N4O. The van der Waals surface area contributed by atoms with Gasteiger partial charge in [-0.3, -0.25) is 4.90 Å². The molecule has 5 nitrogen and oxygen atoms in total. The molecule has 0 unspecified atom stereocenters. The van der Waals surface area contributed by atoms with Gasteiger partial charge >= 0.3 is 12.2 Å². The quantitative estimate of drug-likeness (QED) is 0.718. The van der Waals surface area contributed by atoms with Gasteiger partial charge in [0.1, 0.15) is 0 Å². The molecule has 0 N–H and O–H groups in total. The van der Waals surface area contributed by atoms with Gasteiger partial charge < -0.3 is 4.90 Å². The second-order valence-corrected chi connectivity index (χ2v) is 6.52. The number of amides is 2. The Bertz CT molecular complexity index is 1070. The van der Waals surface area contributed by atoms with Crippen LogP contribution in [0, 0.1) is 22.7 Å². The van der Waals surface area contributed by atoms with Crippen LogP contribution in [0.15, 0.2) is 59.8 Å². The molecule has 1 aliphatic rings. The minimum Gasteiger partial charge on any atom is -0.315 e. The van der Waals surface area contributed by atoms with E-state index in [2.05, 4.69) is 6.07 Å². The molecule has 29 heavy (non-hydrogen) atoms. The predicted molar refractivity (Wildman–Crippen MR) is 99.3 cm³/mol. The third-order valence-electron chi connectivity index (χ3n) is 4.79. The highest BCUT2D eigenvalue weighted by atomic mass is 19.4. The molecule has 0 fully saturated rings. The Morgan fingerprint density at radius 2 is 1.69 bits per heavy atom. The zero-order chi connectivity index (χ0) is 21.3. The van der Waals surface area contributed by atoms with Gasteiger partial charge in [0.05, 0.1) is 40.6 Å². The van der Waals surface area contributed by atoms with Gasteiger partial charge in [-0.1, -0.05) is 18.2 Å². The number of nitrogens with zero attached hydrogens (tertiary/aromatic N) is 4. The fourth-order valence-corrected chi connectivity index (χ4v) is 3.32. The Kier molecular flexibility index (Phi) is 5.04. The van der Waals surface area contributed by atoms with Crippen molar-refractivity contribution in [1.82, 2.24) is 4.90 Å². The van der Waals surface area contributed by atoms with Crippen LogP contribution in [0.1, 0.15) is 29.7 Å². The molecule has 1 heterocycles. The first kappa shape index (κ1) is 20.0. The Morgan fingerprint density at radius 3 is 2.24 bits per heavy atom. The monoisotopic (exact) mass is 396 g/mol. The number of likely N-dealkylation sites (N-methyl/N-ethyl adjacent to an activating group) is 1. The fraction of sp³-hybridized carbons (Fsp3) is 0.190. The lowest BCUT2D eigenvalue weighted by Gasteiger charge is -2.40. The first-order valence-corrected chi connectivity index (χ1v) is 8.54. The van der Waals surface area contributed by atoms with Gasteiger partial charge in [0.25, 0.3) is 0 Å². The van der Waals surface area contributed by atoms with Crippen molar-refractivity contribution in [1.29, 1.82) is 10.5 Å². The number of carbonyl (C=O) groups is 1. The van der Waals surface area contributed by atoms with Gasteiger partial charge in [-0.15, -0.1) is 0 Å². The van der Waals surface area contributed by atoms with E-state index in [0.29, 0.717) is 11.1 Å². The molecule has 0 bridgehead atoms. The molecule has 0 saturated carbocycles. The van der Waals surface area contributed by atoms with Crippen LogP contribution in [-0.4, -0.2) is 18.0 Å². The molecule has 3 rings (SSSR count). The van der Waals surface area contributed by atoms with E-state index in [-0.39, 0.29) is 17.0 Å². The Labute approximate surface area is 165 Å². The normalized spacial score (nSPS) is 17.2. The zero-order valence-corrected chi connectivity index (χ0v) is 15.5. The highest BCUT2D eigenvalue weighted by molar-refractivity contribution is 5.97. The maximum atomic E-state index is 13.1. The molecule has 8 heteroatoms. The number of anilines is 1. The summed E-state index contributed by atoms with van der Waals surface area (Å²) in [6.07, 6.45) is -4.55. The highest BCUT2D eigenvalue weighted by Gasteiger charge is 2.39. The second kappa shape index (κ2) is 7.33. The highest BCUT2D eigenvalue weighted by Crippen LogP contribution is 2.39. The van der Waals surface area contributed by atoms with Gasteiger partial charge in [-0.2, -0.15) is 23.7 Å². The SMILES string of the molecule is CC1=C(C#N)[C@H](c2ccc(C#N)cc2)N(C)C(=O)N1c1cccc(C(F)(F)F)c1. The molecular weight excluding hydrogens is 381 g/mol. The summed E-state index contributed by atoms with van der Waals surface area (Å²) in [6, 6.07) is 13.7. The van der Waals surface area contributed by atoms with Crippen molar-refractivity contribution >= 4 is 11.7 Å². The third kappa shape index (κ3) is 3.53. The standard InChI is InChI=1S/C21H15F3N4O/c1-13-18(12-26)19(15-8-6-14(11-25)7-9-15)27(2)20(29)28(13)17-5-3-4-16(10-17)21(22,23)24/h3-10,19H,1-2H3/t19-/m0/s1. The van der Waals surface area contributed by atoms with Crippen molar-refractivity contribution in [2.45, 2.75) is 19.1 Å². The average Bonchev–Trinajstić information content (AvgIpc) is 2.70. The van der Waals surface area contributed by atoms with Crippen LogP contribution < -0.4 is 4.90 Å². The maximum absolute atomic E-state index is 13.1. The number of carbonyl (C=O) groups excluding carboxylic acids is 1. The molecule has 2 aromatic rings. The number of halogens is 3. The van der Waals surface area contributed by atoms with Crippen molar-refractivity contribution in [3.8, 4) is 12.1 Å². The van der Waals surface area contributed by atoms with Crippen LogP contribution in [-0.2, 0) is 6.18 Å². The van der Waals surface area contributed by atoms with Crippen LogP contribution in [0.5, 0.6) is 0 Å². The number of rotatable bonds is 2. The van der Waals surface area contributed by atoms with Crippen LogP contribution in [0.4, 0.5) is 23.7 Å². The smallest absolute Gasteiger partial charge is 0.315 e. The summed E-state index contributed by atoms with van der Waals surface area (Å²) in [4.78, 5) is 15.4. The molecule has 146 valence electrons. The second-order valence-electron chi connectivity index (χ2n) is 6.52. The maximum Gasteiger partial charge on any atom is 0.416 e. The van der Waals surface area contributed by atoms with Crippen LogP contribution in [0.3, 0.4) is 0 Å². The van der Waals surface area contributed by atoms with Gasteiger partial charge in [0.15, 0.2) is 0 Å². The summed E-state index contributed by atoms with van der Waals surface area (Å²) >= 11 is 0. The molecule has 0 spiro atoms. The van der Waals surface area contributed by atoms with E-state index in [1.165, 1.54) is 31.0 Å². The summed E-state index contributed by atoms with van der Waals surface area (Å²) < 4.78 is 39.3. The summed E-state index contributed by atoms with van der Waals surface area (Å²) in [5.74, 6) is 0. The molecule has 2 amide bonds. The van der Waals surface area contributed by atoms with E-state index in [9.17, 15) is 23.2 Å². The topological polar surface area (TPSA) is 71.1 Å². The van der Waals surface area contributed by atoms with Crippen molar-refractivity contribution in [2.75, 3.05) is 11.9 Å². The first-order chi connectivity index (χ1) is 13.7. The van der Waals surface area contributed by atoms with E-state index in [1.807, 2.05) is 6.07 Å². The van der Waals surface area contributed by atoms with Crippen LogP contribution in [0.25, 0.3) is 0 Å². The van der Waals surface area contributed by atoms with Crippen molar-refractivity contribution in [3.05, 3.63) is 76.5 Å². The fourth-order valence-electron chi connectivity index (χ4n) is 3.32. The number of alkyl halides is 3. The van der Waals surface area contributed by atoms with Crippen LogP contribution >= 0.6 is 0 Å². The zero-order valence-electron chi connectivity index (χ0n) is 15.5. The lowest BCUT2D eigenvalue weighted by Crippen LogP contribution is -2.47. The lowest BCUT2D eigenvalue weighted by molar-refractivity contribution is -0.137. The number of nitriles is 2. The Hall–Kier alpha value is -3.78. The molecule has 0 aromatic heterocycles. The largest absolute Gasteiger partial charge is 0.416 e. The van der Waals surface area contributed by atoms with Gasteiger partial charge in [-0.05, 0) is 42.8 Å². The molecule has 1 aliphatic heterocycles. The van der Waals surface area contributed by atoms with E-state index in [1.54, 1.807) is 24.3 Å². The van der Waals surface area contributed by atoms with Gasteiger partial charge in [0, 0.05) is 12.7 Å². The van der Waals surface area contributed by atoms with Crippen LogP contribution in [0.2, 0.25) is 0 Å². The molecule has 2 aromatic carbocycles. The van der Waals surface area contributed by atoms with Crippen molar-refractivity contribution in [3.63, 3.8) is 0 Å². The lowest BCUT2D eigenvalue weighted by atomic mass is 9.93. The summed E-state index contributed by atoms with van der Waals surface area (Å²) in [5.41, 5.74) is 0.687. The number of hydrogen-bond acceptors (Lipinski definition) is 3. The summed E-state index contributed by atoms with van der Waals surface area (Å²) in [5, 5.41) is 18.7. The predicted octanol–water partition coefficient (Wildman–Crippen LogP) is 4.99. The first-order valence-electron chi connectivity index (χ1n) is 8.54. The molecule has 0 radical (unpaired) electrons. The minimum absolute atomic E-state index is 0.0280. The van der Waals surface area contributed by atoms with Crippen molar-refractivity contribution in [2.24, 2.45) is 0 Å². The number of urea groups is 1. The number of benzene rings is 2. The van der Waals surface area contributed by atoms with Gasteiger partial charge in [0.2, 0.25) is 0 Å². The molecule has 0 saturated heterocycles.